The Bertz CT molecular complexity index is 738. The average molecular weight is 324 g/mol. The van der Waals surface area contributed by atoms with E-state index in [-0.39, 0.29) is 5.16 Å². The second-order valence-electron chi connectivity index (χ2n) is 4.50. The van der Waals surface area contributed by atoms with Crippen molar-refractivity contribution in [2.75, 3.05) is 5.73 Å². The number of nitrogens with zero attached hydrogens (tertiary/aromatic N) is 3. The Morgan fingerprint density at radius 3 is 2.64 bits per heavy atom. The van der Waals surface area contributed by atoms with Crippen LogP contribution in [0.5, 0.6) is 0 Å². The van der Waals surface area contributed by atoms with E-state index in [2.05, 4.69) is 9.97 Å². The van der Waals surface area contributed by atoms with Gasteiger partial charge in [-0.2, -0.15) is 18.4 Å². The standard InChI is InChI=1S/C14H11F3N4S/c1-8-3-2-4-9(5-8)7-22-13-20-11(14(15,16)17)10(6-18)12(19)21-13/h2-5H,7H2,1H3,(H2,19,20,21). The number of nitrogen functional groups attached to an aromatic ring is 1. The second-order valence-corrected chi connectivity index (χ2v) is 5.44. The molecule has 0 aliphatic heterocycles. The van der Waals surface area contributed by atoms with Crippen molar-refractivity contribution in [1.29, 1.82) is 5.26 Å². The molecule has 0 fully saturated rings. The zero-order valence-corrected chi connectivity index (χ0v) is 12.3. The normalized spacial score (nSPS) is 11.2. The molecule has 0 unspecified atom stereocenters. The van der Waals surface area contributed by atoms with Crippen LogP contribution < -0.4 is 5.73 Å². The van der Waals surface area contributed by atoms with Crippen LogP contribution in [0.25, 0.3) is 0 Å². The lowest BCUT2D eigenvalue weighted by molar-refractivity contribution is -0.141. The molecule has 0 bridgehead atoms. The maximum Gasteiger partial charge on any atom is 0.434 e. The number of rotatable bonds is 3. The Morgan fingerprint density at radius 2 is 2.05 bits per heavy atom. The van der Waals surface area contributed by atoms with Crippen molar-refractivity contribution in [3.05, 3.63) is 46.6 Å². The van der Waals surface area contributed by atoms with Crippen LogP contribution in [0.15, 0.2) is 29.4 Å². The van der Waals surface area contributed by atoms with Crippen molar-refractivity contribution in [3.8, 4) is 6.07 Å². The van der Waals surface area contributed by atoms with Crippen molar-refractivity contribution in [2.24, 2.45) is 0 Å². The number of aromatic nitrogens is 2. The molecule has 0 amide bonds. The number of halogens is 3. The molecule has 0 atom stereocenters. The minimum absolute atomic E-state index is 0.106. The molecule has 0 aliphatic rings. The summed E-state index contributed by atoms with van der Waals surface area (Å²) in [6.07, 6.45) is -4.75. The molecule has 2 aromatic rings. The Morgan fingerprint density at radius 1 is 1.32 bits per heavy atom. The van der Waals surface area contributed by atoms with Crippen molar-refractivity contribution in [3.63, 3.8) is 0 Å². The second kappa shape index (κ2) is 6.23. The number of nitriles is 1. The topological polar surface area (TPSA) is 75.6 Å². The molecule has 114 valence electrons. The predicted molar refractivity (Wildman–Crippen MR) is 76.9 cm³/mol. The maximum atomic E-state index is 12.9. The van der Waals surface area contributed by atoms with Crippen LogP contribution in [-0.4, -0.2) is 9.97 Å². The summed E-state index contributed by atoms with van der Waals surface area (Å²) in [4.78, 5) is 7.20. The van der Waals surface area contributed by atoms with E-state index >= 15 is 0 Å². The van der Waals surface area contributed by atoms with Gasteiger partial charge < -0.3 is 5.73 Å². The Balaban J connectivity index is 2.29. The van der Waals surface area contributed by atoms with E-state index in [1.807, 2.05) is 31.2 Å². The van der Waals surface area contributed by atoms with Crippen LogP contribution in [-0.2, 0) is 11.9 Å². The lowest BCUT2D eigenvalue weighted by Crippen LogP contribution is -2.14. The fraction of sp³-hybridized carbons (Fsp3) is 0.214. The zero-order chi connectivity index (χ0) is 16.3. The number of hydrogen-bond donors (Lipinski definition) is 1. The van der Waals surface area contributed by atoms with Gasteiger partial charge in [0.2, 0.25) is 0 Å². The Labute approximate surface area is 129 Å². The number of thioether (sulfide) groups is 1. The SMILES string of the molecule is Cc1cccc(CSc2nc(N)c(C#N)c(C(F)(F)F)n2)c1. The molecule has 1 aromatic heterocycles. The van der Waals surface area contributed by atoms with Gasteiger partial charge >= 0.3 is 6.18 Å². The summed E-state index contributed by atoms with van der Waals surface area (Å²) in [7, 11) is 0. The number of benzene rings is 1. The molecule has 1 heterocycles. The number of hydrogen-bond acceptors (Lipinski definition) is 5. The maximum absolute atomic E-state index is 12.9. The lowest BCUT2D eigenvalue weighted by Gasteiger charge is -2.10. The van der Waals surface area contributed by atoms with Crippen molar-refractivity contribution >= 4 is 17.6 Å². The first-order valence-electron chi connectivity index (χ1n) is 6.14. The lowest BCUT2D eigenvalue weighted by atomic mass is 10.2. The van der Waals surface area contributed by atoms with Crippen molar-refractivity contribution in [1.82, 2.24) is 9.97 Å². The van der Waals surface area contributed by atoms with E-state index in [1.165, 1.54) is 6.07 Å². The predicted octanol–water partition coefficient (Wildman–Crippen LogP) is 3.55. The number of anilines is 1. The van der Waals surface area contributed by atoms with Crippen LogP contribution in [0.3, 0.4) is 0 Å². The van der Waals surface area contributed by atoms with Crippen LogP contribution in [0.1, 0.15) is 22.4 Å². The number of nitrogens with two attached hydrogens (primary N) is 1. The van der Waals surface area contributed by atoms with E-state index in [0.29, 0.717) is 5.75 Å². The van der Waals surface area contributed by atoms with Gasteiger partial charge in [-0.1, -0.05) is 41.6 Å². The molecular weight excluding hydrogens is 313 g/mol. The molecule has 8 heteroatoms. The summed E-state index contributed by atoms with van der Waals surface area (Å²) in [5.41, 5.74) is 5.38. The van der Waals surface area contributed by atoms with Gasteiger partial charge in [-0.25, -0.2) is 9.97 Å². The van der Waals surface area contributed by atoms with Crippen molar-refractivity contribution in [2.45, 2.75) is 24.0 Å². The molecule has 1 aromatic carbocycles. The third-order valence-electron chi connectivity index (χ3n) is 2.75. The summed E-state index contributed by atoms with van der Waals surface area (Å²) < 4.78 is 38.7. The fourth-order valence-corrected chi connectivity index (χ4v) is 2.58. The van der Waals surface area contributed by atoms with Gasteiger partial charge in [0.05, 0.1) is 0 Å². The fourth-order valence-electron chi connectivity index (χ4n) is 1.79. The van der Waals surface area contributed by atoms with Gasteiger partial charge in [0.25, 0.3) is 0 Å². The van der Waals surface area contributed by atoms with E-state index in [0.717, 1.165) is 22.9 Å². The van der Waals surface area contributed by atoms with E-state index in [1.54, 1.807) is 0 Å². The monoisotopic (exact) mass is 324 g/mol. The number of alkyl halides is 3. The highest BCUT2D eigenvalue weighted by atomic mass is 32.2. The highest BCUT2D eigenvalue weighted by Crippen LogP contribution is 2.33. The smallest absolute Gasteiger partial charge is 0.382 e. The quantitative estimate of drug-likeness (QED) is 0.690. The largest absolute Gasteiger partial charge is 0.434 e. The molecule has 0 aliphatic carbocycles. The minimum Gasteiger partial charge on any atom is -0.382 e. The Kier molecular flexibility index (Phi) is 4.56. The molecule has 0 radical (unpaired) electrons. The third-order valence-corrected chi connectivity index (χ3v) is 3.67. The van der Waals surface area contributed by atoms with Crippen LogP contribution in [0.4, 0.5) is 19.0 Å². The summed E-state index contributed by atoms with van der Waals surface area (Å²) >= 11 is 1.03. The summed E-state index contributed by atoms with van der Waals surface area (Å²) in [5.74, 6) is -0.0545. The summed E-state index contributed by atoms with van der Waals surface area (Å²) in [6.45, 7) is 1.92. The molecular formula is C14H11F3N4S. The first-order valence-corrected chi connectivity index (χ1v) is 7.13. The molecule has 2 rings (SSSR count). The number of aryl methyl sites for hydroxylation is 1. The van der Waals surface area contributed by atoms with Gasteiger partial charge in [0, 0.05) is 5.75 Å². The molecule has 0 spiro atoms. The van der Waals surface area contributed by atoms with Crippen LogP contribution in [0.2, 0.25) is 0 Å². The van der Waals surface area contributed by atoms with Crippen LogP contribution in [0, 0.1) is 18.3 Å². The minimum atomic E-state index is -4.75. The average Bonchev–Trinajstić information content (AvgIpc) is 2.43. The van der Waals surface area contributed by atoms with Gasteiger partial charge in [-0.15, -0.1) is 0 Å². The third kappa shape index (κ3) is 3.68. The van der Waals surface area contributed by atoms with E-state index in [4.69, 9.17) is 11.0 Å². The van der Waals surface area contributed by atoms with E-state index in [9.17, 15) is 13.2 Å². The van der Waals surface area contributed by atoms with E-state index < -0.39 is 23.3 Å². The van der Waals surface area contributed by atoms with Gasteiger partial charge in [0.15, 0.2) is 10.9 Å². The summed E-state index contributed by atoms with van der Waals surface area (Å²) in [6, 6.07) is 8.96. The van der Waals surface area contributed by atoms with Crippen LogP contribution >= 0.6 is 11.8 Å². The molecule has 0 saturated heterocycles. The van der Waals surface area contributed by atoms with Gasteiger partial charge in [-0.05, 0) is 12.5 Å². The van der Waals surface area contributed by atoms with Gasteiger partial charge in [0.1, 0.15) is 17.5 Å². The molecule has 4 nitrogen and oxygen atoms in total. The molecule has 0 saturated carbocycles. The first kappa shape index (κ1) is 16.1. The summed E-state index contributed by atoms with van der Waals surface area (Å²) in [5, 5.41) is 8.67. The highest BCUT2D eigenvalue weighted by molar-refractivity contribution is 7.98. The van der Waals surface area contributed by atoms with Gasteiger partial charge in [-0.3, -0.25) is 0 Å². The molecule has 22 heavy (non-hydrogen) atoms. The molecule has 2 N–H and O–H groups in total. The zero-order valence-electron chi connectivity index (χ0n) is 11.5. The Hall–Kier alpha value is -2.27. The first-order chi connectivity index (χ1) is 10.3. The van der Waals surface area contributed by atoms with Crippen molar-refractivity contribution < 1.29 is 13.2 Å². The highest BCUT2D eigenvalue weighted by Gasteiger charge is 2.37.